The van der Waals surface area contributed by atoms with Crippen LogP contribution in [-0.4, -0.2) is 24.7 Å². The number of halogens is 1. The fraction of sp³-hybridized carbons (Fsp3) is 0.231. The third-order valence-corrected chi connectivity index (χ3v) is 3.83. The molecule has 0 aliphatic heterocycles. The molecule has 1 aromatic carbocycles. The summed E-state index contributed by atoms with van der Waals surface area (Å²) in [5.74, 6) is 0.140. The molecule has 0 unspecified atom stereocenters. The third-order valence-electron chi connectivity index (χ3n) is 2.46. The van der Waals surface area contributed by atoms with Crippen molar-refractivity contribution in [1.29, 1.82) is 0 Å². The van der Waals surface area contributed by atoms with Crippen LogP contribution in [0.3, 0.4) is 0 Å². The van der Waals surface area contributed by atoms with Crippen LogP contribution in [0.1, 0.15) is 13.8 Å². The minimum Gasteiger partial charge on any atom is -0.366 e. The minimum absolute atomic E-state index is 0.0462. The first-order valence-corrected chi connectivity index (χ1v) is 7.74. The number of nitrogens with zero attached hydrogens (tertiary/aromatic N) is 2. The number of hydrogen-bond donors (Lipinski definition) is 2. The van der Waals surface area contributed by atoms with Crippen molar-refractivity contribution in [2.24, 2.45) is 0 Å². The van der Waals surface area contributed by atoms with Crippen molar-refractivity contribution in [1.82, 2.24) is 10.2 Å². The molecule has 112 valence electrons. The molecule has 0 aliphatic rings. The van der Waals surface area contributed by atoms with E-state index in [9.17, 15) is 12.8 Å². The van der Waals surface area contributed by atoms with E-state index in [0.717, 1.165) is 12.1 Å². The average molecular weight is 310 g/mol. The van der Waals surface area contributed by atoms with Crippen LogP contribution in [0.2, 0.25) is 0 Å². The van der Waals surface area contributed by atoms with E-state index in [0.29, 0.717) is 5.82 Å². The molecule has 8 heteroatoms. The van der Waals surface area contributed by atoms with Crippen molar-refractivity contribution in [3.8, 4) is 0 Å². The van der Waals surface area contributed by atoms with Gasteiger partial charge in [-0.25, -0.2) is 12.8 Å². The highest BCUT2D eigenvalue weighted by molar-refractivity contribution is 7.92. The van der Waals surface area contributed by atoms with Gasteiger partial charge >= 0.3 is 0 Å². The van der Waals surface area contributed by atoms with Crippen molar-refractivity contribution < 1.29 is 12.8 Å². The molecule has 0 aliphatic carbocycles. The standard InChI is InChI=1S/C13H15FN4O2S/c1-9(2)15-12-7-8-13(17-16-12)18-21(19,20)11-5-3-10(14)4-6-11/h3-9H,1-2H3,(H,15,16)(H,17,18). The van der Waals surface area contributed by atoms with E-state index < -0.39 is 15.8 Å². The van der Waals surface area contributed by atoms with Crippen LogP contribution in [0.15, 0.2) is 41.3 Å². The van der Waals surface area contributed by atoms with Gasteiger partial charge in [0.15, 0.2) is 5.82 Å². The van der Waals surface area contributed by atoms with Gasteiger partial charge in [0.25, 0.3) is 10.0 Å². The summed E-state index contributed by atoms with van der Waals surface area (Å²) in [5, 5.41) is 10.7. The van der Waals surface area contributed by atoms with Crippen molar-refractivity contribution in [2.75, 3.05) is 10.0 Å². The van der Waals surface area contributed by atoms with Gasteiger partial charge in [0.2, 0.25) is 0 Å². The van der Waals surface area contributed by atoms with Gasteiger partial charge in [0.05, 0.1) is 4.90 Å². The summed E-state index contributed by atoms with van der Waals surface area (Å²) in [5.41, 5.74) is 0. The molecule has 0 atom stereocenters. The highest BCUT2D eigenvalue weighted by Crippen LogP contribution is 2.15. The lowest BCUT2D eigenvalue weighted by Gasteiger charge is -2.09. The van der Waals surface area contributed by atoms with Crippen LogP contribution in [0, 0.1) is 5.82 Å². The van der Waals surface area contributed by atoms with E-state index in [-0.39, 0.29) is 16.8 Å². The lowest BCUT2D eigenvalue weighted by molar-refractivity contribution is 0.599. The second kappa shape index (κ2) is 6.04. The molecule has 0 fully saturated rings. The normalized spacial score (nSPS) is 11.4. The maximum absolute atomic E-state index is 12.8. The molecule has 1 heterocycles. The number of hydrogen-bond acceptors (Lipinski definition) is 5. The second-order valence-electron chi connectivity index (χ2n) is 4.66. The van der Waals surface area contributed by atoms with Crippen LogP contribution >= 0.6 is 0 Å². The summed E-state index contributed by atoms with van der Waals surface area (Å²) < 4.78 is 39.2. The number of rotatable bonds is 5. The maximum atomic E-state index is 12.8. The Labute approximate surface area is 122 Å². The number of anilines is 2. The molecule has 0 saturated carbocycles. The summed E-state index contributed by atoms with van der Waals surface area (Å²) in [6.07, 6.45) is 0. The zero-order valence-corrected chi connectivity index (χ0v) is 12.4. The number of sulfonamides is 1. The molecule has 0 radical (unpaired) electrons. The Hall–Kier alpha value is -2.22. The first kappa shape index (κ1) is 15.2. The Morgan fingerprint density at radius 3 is 2.10 bits per heavy atom. The highest BCUT2D eigenvalue weighted by atomic mass is 32.2. The SMILES string of the molecule is CC(C)Nc1ccc(NS(=O)(=O)c2ccc(F)cc2)nn1. The zero-order chi connectivity index (χ0) is 15.5. The van der Waals surface area contributed by atoms with Gasteiger partial charge < -0.3 is 5.32 Å². The van der Waals surface area contributed by atoms with Crippen molar-refractivity contribution in [3.63, 3.8) is 0 Å². The largest absolute Gasteiger partial charge is 0.366 e. The van der Waals surface area contributed by atoms with Crippen molar-refractivity contribution >= 4 is 21.7 Å². The Bertz CT molecular complexity index is 700. The number of benzene rings is 1. The molecular formula is C13H15FN4O2S. The summed E-state index contributed by atoms with van der Waals surface area (Å²) >= 11 is 0. The summed E-state index contributed by atoms with van der Waals surface area (Å²) in [6.45, 7) is 3.90. The molecular weight excluding hydrogens is 295 g/mol. The number of aromatic nitrogens is 2. The molecule has 1 aromatic heterocycles. The van der Waals surface area contributed by atoms with Gasteiger partial charge in [-0.3, -0.25) is 4.72 Å². The smallest absolute Gasteiger partial charge is 0.263 e. The fourth-order valence-electron chi connectivity index (χ4n) is 1.57. The van der Waals surface area contributed by atoms with E-state index in [1.165, 1.54) is 18.2 Å². The van der Waals surface area contributed by atoms with Gasteiger partial charge in [0.1, 0.15) is 11.6 Å². The van der Waals surface area contributed by atoms with E-state index >= 15 is 0 Å². The van der Waals surface area contributed by atoms with Gasteiger partial charge in [-0.1, -0.05) is 0 Å². The van der Waals surface area contributed by atoms with Crippen LogP contribution in [0.4, 0.5) is 16.0 Å². The van der Waals surface area contributed by atoms with E-state index in [1.807, 2.05) is 13.8 Å². The molecule has 0 spiro atoms. The Kier molecular flexibility index (Phi) is 4.37. The molecule has 2 aromatic rings. The van der Waals surface area contributed by atoms with Crippen LogP contribution in [-0.2, 0) is 10.0 Å². The lowest BCUT2D eigenvalue weighted by atomic mass is 10.4. The number of nitrogens with one attached hydrogen (secondary N) is 2. The van der Waals surface area contributed by atoms with Gasteiger partial charge in [-0.2, -0.15) is 0 Å². The van der Waals surface area contributed by atoms with E-state index in [2.05, 4.69) is 20.2 Å². The molecule has 2 N–H and O–H groups in total. The van der Waals surface area contributed by atoms with Crippen LogP contribution in [0.5, 0.6) is 0 Å². The third kappa shape index (κ3) is 4.12. The van der Waals surface area contributed by atoms with E-state index in [4.69, 9.17) is 0 Å². The highest BCUT2D eigenvalue weighted by Gasteiger charge is 2.15. The molecule has 21 heavy (non-hydrogen) atoms. The molecule has 2 rings (SSSR count). The summed E-state index contributed by atoms with van der Waals surface area (Å²) in [7, 11) is -3.81. The van der Waals surface area contributed by atoms with Gasteiger partial charge in [-0.05, 0) is 50.2 Å². The monoisotopic (exact) mass is 310 g/mol. The zero-order valence-electron chi connectivity index (χ0n) is 11.5. The van der Waals surface area contributed by atoms with Crippen molar-refractivity contribution in [2.45, 2.75) is 24.8 Å². The second-order valence-corrected chi connectivity index (χ2v) is 6.34. The lowest BCUT2D eigenvalue weighted by Crippen LogP contribution is -2.15. The van der Waals surface area contributed by atoms with E-state index in [1.54, 1.807) is 6.07 Å². The molecule has 0 bridgehead atoms. The maximum Gasteiger partial charge on any atom is 0.263 e. The quantitative estimate of drug-likeness (QED) is 0.885. The first-order valence-electron chi connectivity index (χ1n) is 6.25. The van der Waals surface area contributed by atoms with Gasteiger partial charge in [0, 0.05) is 6.04 Å². The Balaban J connectivity index is 2.15. The predicted octanol–water partition coefficient (Wildman–Crippen LogP) is 2.24. The topological polar surface area (TPSA) is 84.0 Å². The van der Waals surface area contributed by atoms with Gasteiger partial charge in [-0.15, -0.1) is 10.2 Å². The average Bonchev–Trinajstić information content (AvgIpc) is 2.40. The predicted molar refractivity (Wildman–Crippen MR) is 78.0 cm³/mol. The minimum atomic E-state index is -3.81. The Morgan fingerprint density at radius 2 is 1.57 bits per heavy atom. The Morgan fingerprint density at radius 1 is 1.00 bits per heavy atom. The summed E-state index contributed by atoms with van der Waals surface area (Å²) in [4.78, 5) is -0.0462. The summed E-state index contributed by atoms with van der Waals surface area (Å²) in [6, 6.07) is 7.83. The fourth-order valence-corrected chi connectivity index (χ4v) is 2.57. The van der Waals surface area contributed by atoms with Crippen LogP contribution in [0.25, 0.3) is 0 Å². The molecule has 6 nitrogen and oxygen atoms in total. The van der Waals surface area contributed by atoms with Crippen molar-refractivity contribution in [3.05, 3.63) is 42.2 Å². The molecule has 0 saturated heterocycles. The molecule has 0 amide bonds. The first-order chi connectivity index (χ1) is 9.87. The van der Waals surface area contributed by atoms with Crippen LogP contribution < -0.4 is 10.0 Å².